The lowest BCUT2D eigenvalue weighted by Crippen LogP contribution is -2.14. The third-order valence-corrected chi connectivity index (χ3v) is 4.68. The van der Waals surface area contributed by atoms with Crippen molar-refractivity contribution < 1.29 is 9.47 Å². The van der Waals surface area contributed by atoms with Crippen LogP contribution in [0, 0.1) is 13.8 Å². The van der Waals surface area contributed by atoms with Gasteiger partial charge in [0.25, 0.3) is 0 Å². The maximum Gasteiger partial charge on any atom is 0.166 e. The van der Waals surface area contributed by atoms with Gasteiger partial charge in [-0.05, 0) is 36.6 Å². The highest BCUT2D eigenvalue weighted by Gasteiger charge is 2.11. The number of methoxy groups -OCH3 is 1. The van der Waals surface area contributed by atoms with Crippen molar-refractivity contribution in [3.63, 3.8) is 0 Å². The smallest absolute Gasteiger partial charge is 0.166 e. The number of hydrogen-bond acceptors (Lipinski definition) is 3. The Balaban J connectivity index is 1.69. The summed E-state index contributed by atoms with van der Waals surface area (Å²) in [4.78, 5) is 0. The molecule has 3 aromatic rings. The Bertz CT molecular complexity index is 872. The standard InChI is InChI=1S/C24H27NO2/c1-18-11-13-20(14-12-18)15-25-16-21-9-6-10-23(26-3)24(21)27-17-22-8-5-4-7-19(22)2/h4-14,25H,15-17H2,1-3H3. The summed E-state index contributed by atoms with van der Waals surface area (Å²) in [5.74, 6) is 1.57. The van der Waals surface area contributed by atoms with E-state index in [4.69, 9.17) is 9.47 Å². The number of hydrogen-bond donors (Lipinski definition) is 1. The third kappa shape index (κ3) is 5.11. The molecule has 0 aliphatic rings. The van der Waals surface area contributed by atoms with Gasteiger partial charge in [-0.15, -0.1) is 0 Å². The van der Waals surface area contributed by atoms with Crippen LogP contribution in [-0.4, -0.2) is 7.11 Å². The van der Waals surface area contributed by atoms with E-state index in [0.29, 0.717) is 13.2 Å². The molecule has 3 nitrogen and oxygen atoms in total. The lowest BCUT2D eigenvalue weighted by Gasteiger charge is -2.16. The van der Waals surface area contributed by atoms with Crippen LogP contribution >= 0.6 is 0 Å². The Labute approximate surface area is 162 Å². The normalized spacial score (nSPS) is 10.6. The highest BCUT2D eigenvalue weighted by atomic mass is 16.5. The summed E-state index contributed by atoms with van der Waals surface area (Å²) >= 11 is 0. The van der Waals surface area contributed by atoms with Crippen LogP contribution in [0.3, 0.4) is 0 Å². The second-order valence-electron chi connectivity index (χ2n) is 6.75. The molecule has 0 atom stereocenters. The van der Waals surface area contributed by atoms with Gasteiger partial charge in [-0.3, -0.25) is 0 Å². The van der Waals surface area contributed by atoms with E-state index in [9.17, 15) is 0 Å². The Morgan fingerprint density at radius 2 is 1.52 bits per heavy atom. The summed E-state index contributed by atoms with van der Waals surface area (Å²) in [5, 5.41) is 3.50. The maximum absolute atomic E-state index is 6.18. The monoisotopic (exact) mass is 361 g/mol. The first kappa shape index (κ1) is 19.0. The number of nitrogens with one attached hydrogen (secondary N) is 1. The molecule has 1 N–H and O–H groups in total. The molecule has 27 heavy (non-hydrogen) atoms. The first-order valence-corrected chi connectivity index (χ1v) is 9.27. The molecule has 3 rings (SSSR count). The van der Waals surface area contributed by atoms with Gasteiger partial charge in [-0.1, -0.05) is 66.2 Å². The number of rotatable bonds is 8. The van der Waals surface area contributed by atoms with Crippen LogP contribution in [0.2, 0.25) is 0 Å². The van der Waals surface area contributed by atoms with Gasteiger partial charge in [0.05, 0.1) is 7.11 Å². The van der Waals surface area contributed by atoms with Crippen LogP contribution in [-0.2, 0) is 19.7 Å². The van der Waals surface area contributed by atoms with Crippen LogP contribution in [0.15, 0.2) is 66.7 Å². The van der Waals surface area contributed by atoms with Crippen LogP contribution in [0.4, 0.5) is 0 Å². The van der Waals surface area contributed by atoms with E-state index in [1.54, 1.807) is 7.11 Å². The molecule has 0 saturated heterocycles. The van der Waals surface area contributed by atoms with Gasteiger partial charge in [0.15, 0.2) is 11.5 Å². The zero-order valence-corrected chi connectivity index (χ0v) is 16.3. The lowest BCUT2D eigenvalue weighted by atomic mass is 10.1. The van der Waals surface area contributed by atoms with E-state index >= 15 is 0 Å². The van der Waals surface area contributed by atoms with Gasteiger partial charge in [-0.2, -0.15) is 0 Å². The predicted molar refractivity (Wildman–Crippen MR) is 110 cm³/mol. The van der Waals surface area contributed by atoms with Crippen LogP contribution < -0.4 is 14.8 Å². The summed E-state index contributed by atoms with van der Waals surface area (Å²) in [5.41, 5.74) is 6.05. The molecule has 0 heterocycles. The molecule has 140 valence electrons. The average molecular weight is 361 g/mol. The molecular formula is C24H27NO2. The van der Waals surface area contributed by atoms with Gasteiger partial charge < -0.3 is 14.8 Å². The molecule has 0 aliphatic heterocycles. The second kappa shape index (κ2) is 9.24. The van der Waals surface area contributed by atoms with Gasteiger partial charge in [-0.25, -0.2) is 0 Å². The van der Waals surface area contributed by atoms with Crippen molar-refractivity contribution >= 4 is 0 Å². The highest BCUT2D eigenvalue weighted by Crippen LogP contribution is 2.32. The minimum Gasteiger partial charge on any atom is -0.493 e. The fourth-order valence-electron chi connectivity index (χ4n) is 2.99. The van der Waals surface area contributed by atoms with E-state index < -0.39 is 0 Å². The summed E-state index contributed by atoms with van der Waals surface area (Å²) in [6, 6.07) is 22.9. The SMILES string of the molecule is COc1cccc(CNCc2ccc(C)cc2)c1OCc1ccccc1C. The molecular weight excluding hydrogens is 334 g/mol. The first-order chi connectivity index (χ1) is 13.2. The van der Waals surface area contributed by atoms with E-state index in [-0.39, 0.29) is 0 Å². The Morgan fingerprint density at radius 1 is 0.778 bits per heavy atom. The predicted octanol–water partition coefficient (Wildman–Crippen LogP) is 5.18. The van der Waals surface area contributed by atoms with Crippen LogP contribution in [0.25, 0.3) is 0 Å². The topological polar surface area (TPSA) is 30.5 Å². The number of benzene rings is 3. The minimum absolute atomic E-state index is 0.526. The van der Waals surface area contributed by atoms with Gasteiger partial charge in [0.2, 0.25) is 0 Å². The van der Waals surface area contributed by atoms with Gasteiger partial charge >= 0.3 is 0 Å². The van der Waals surface area contributed by atoms with Crippen LogP contribution in [0.1, 0.15) is 27.8 Å². The number of aryl methyl sites for hydroxylation is 2. The molecule has 0 aromatic heterocycles. The minimum atomic E-state index is 0.526. The summed E-state index contributed by atoms with van der Waals surface area (Å²) in [6.07, 6.45) is 0. The van der Waals surface area contributed by atoms with Crippen molar-refractivity contribution in [1.82, 2.24) is 5.32 Å². The highest BCUT2D eigenvalue weighted by molar-refractivity contribution is 5.47. The van der Waals surface area contributed by atoms with Gasteiger partial charge in [0.1, 0.15) is 6.61 Å². The maximum atomic E-state index is 6.18. The molecule has 0 bridgehead atoms. The molecule has 0 spiro atoms. The third-order valence-electron chi connectivity index (χ3n) is 4.68. The quantitative estimate of drug-likeness (QED) is 0.599. The summed E-state index contributed by atoms with van der Waals surface area (Å²) in [6.45, 7) is 6.26. The van der Waals surface area contributed by atoms with E-state index in [0.717, 1.165) is 23.6 Å². The molecule has 0 amide bonds. The van der Waals surface area contributed by atoms with Crippen LogP contribution in [0.5, 0.6) is 11.5 Å². The average Bonchev–Trinajstić information content (AvgIpc) is 2.69. The zero-order valence-electron chi connectivity index (χ0n) is 16.3. The Hall–Kier alpha value is -2.78. The number of ether oxygens (including phenoxy) is 2. The Kier molecular flexibility index (Phi) is 6.50. The van der Waals surface area contributed by atoms with Crippen molar-refractivity contribution in [3.05, 3.63) is 94.5 Å². The lowest BCUT2D eigenvalue weighted by molar-refractivity contribution is 0.280. The Morgan fingerprint density at radius 3 is 2.26 bits per heavy atom. The van der Waals surface area contributed by atoms with Crippen molar-refractivity contribution in [3.8, 4) is 11.5 Å². The summed E-state index contributed by atoms with van der Waals surface area (Å²) in [7, 11) is 1.68. The molecule has 3 heteroatoms. The van der Waals surface area contributed by atoms with E-state index in [1.165, 1.54) is 22.3 Å². The van der Waals surface area contributed by atoms with Crippen molar-refractivity contribution in [2.45, 2.75) is 33.5 Å². The molecule has 0 unspecified atom stereocenters. The van der Waals surface area contributed by atoms with E-state index in [2.05, 4.69) is 61.6 Å². The first-order valence-electron chi connectivity index (χ1n) is 9.27. The number of para-hydroxylation sites is 1. The fraction of sp³-hybridized carbons (Fsp3) is 0.250. The van der Waals surface area contributed by atoms with Crippen molar-refractivity contribution in [1.29, 1.82) is 0 Å². The fourth-order valence-corrected chi connectivity index (χ4v) is 2.99. The van der Waals surface area contributed by atoms with Gasteiger partial charge in [0, 0.05) is 18.7 Å². The second-order valence-corrected chi connectivity index (χ2v) is 6.75. The zero-order chi connectivity index (χ0) is 19.1. The summed E-state index contributed by atoms with van der Waals surface area (Å²) < 4.78 is 11.7. The molecule has 0 aliphatic carbocycles. The molecule has 0 saturated carbocycles. The molecule has 3 aromatic carbocycles. The van der Waals surface area contributed by atoms with E-state index in [1.807, 2.05) is 24.3 Å². The largest absolute Gasteiger partial charge is 0.493 e. The molecule has 0 radical (unpaired) electrons. The van der Waals surface area contributed by atoms with Crippen molar-refractivity contribution in [2.24, 2.45) is 0 Å². The van der Waals surface area contributed by atoms with Crippen molar-refractivity contribution in [2.75, 3.05) is 7.11 Å². The molecule has 0 fully saturated rings.